The smallest absolute Gasteiger partial charge is 0.338 e. The number of hydrogen-bond acceptors (Lipinski definition) is 12. The number of unbranched alkanes of at least 4 members (excludes halogenated alkanes) is 1. The number of carbonyl (C=O) groups excluding carboxylic acids is 6. The molecule has 0 unspecified atom stereocenters. The van der Waals surface area contributed by atoms with Gasteiger partial charge < -0.3 is 18.9 Å². The van der Waals surface area contributed by atoms with Crippen LogP contribution in [0.1, 0.15) is 46.4 Å². The number of hydrogen-bond donors (Lipinski definition) is 0. The summed E-state index contributed by atoms with van der Waals surface area (Å²) in [6.07, 6.45) is 3.73. The molecule has 12 heteroatoms. The minimum atomic E-state index is -0.615. The Bertz CT molecular complexity index is 1100. The van der Waals surface area contributed by atoms with Gasteiger partial charge in [-0.1, -0.05) is 0 Å². The molecule has 0 aromatic heterocycles. The maximum atomic E-state index is 11.9. The van der Waals surface area contributed by atoms with E-state index in [2.05, 4.69) is 9.98 Å². The first kappa shape index (κ1) is 29.3. The zero-order valence-electron chi connectivity index (χ0n) is 20.3. The van der Waals surface area contributed by atoms with Gasteiger partial charge in [-0.25, -0.2) is 19.2 Å². The summed E-state index contributed by atoms with van der Waals surface area (Å²) in [7, 11) is 0. The average molecular weight is 524 g/mol. The fraction of sp³-hybridized carbons (Fsp3) is 0.308. The second kappa shape index (κ2) is 16.7. The van der Waals surface area contributed by atoms with Crippen molar-refractivity contribution < 1.29 is 47.7 Å². The largest absolute Gasteiger partial charge is 0.462 e. The van der Waals surface area contributed by atoms with Crippen molar-refractivity contribution in [1.82, 2.24) is 0 Å². The Morgan fingerprint density at radius 1 is 0.553 bits per heavy atom. The van der Waals surface area contributed by atoms with Gasteiger partial charge >= 0.3 is 23.9 Å². The number of rotatable bonds is 15. The van der Waals surface area contributed by atoms with Gasteiger partial charge in [0.25, 0.3) is 0 Å². The van der Waals surface area contributed by atoms with Crippen LogP contribution < -0.4 is 0 Å². The van der Waals surface area contributed by atoms with Crippen molar-refractivity contribution in [3.63, 3.8) is 0 Å². The Morgan fingerprint density at radius 2 is 0.895 bits per heavy atom. The van der Waals surface area contributed by atoms with Gasteiger partial charge in [0, 0.05) is 12.8 Å². The summed E-state index contributed by atoms with van der Waals surface area (Å²) < 4.78 is 20.0. The van der Waals surface area contributed by atoms with Crippen molar-refractivity contribution in [3.05, 3.63) is 59.7 Å². The van der Waals surface area contributed by atoms with E-state index >= 15 is 0 Å². The maximum absolute atomic E-state index is 11.9. The number of ether oxygens (including phenoxy) is 4. The highest BCUT2D eigenvalue weighted by atomic mass is 16.6. The lowest BCUT2D eigenvalue weighted by Crippen LogP contribution is -2.14. The summed E-state index contributed by atoms with van der Waals surface area (Å²) in [5, 5.41) is 0. The summed E-state index contributed by atoms with van der Waals surface area (Å²) >= 11 is 0. The van der Waals surface area contributed by atoms with E-state index in [-0.39, 0.29) is 50.4 Å². The lowest BCUT2D eigenvalue weighted by Gasteiger charge is -2.07. The predicted molar refractivity (Wildman–Crippen MR) is 129 cm³/mol. The van der Waals surface area contributed by atoms with Crippen molar-refractivity contribution in [1.29, 1.82) is 0 Å². The van der Waals surface area contributed by atoms with Crippen LogP contribution in [0.2, 0.25) is 0 Å². The van der Waals surface area contributed by atoms with Gasteiger partial charge in [0.2, 0.25) is 12.2 Å². The Labute approximate surface area is 217 Å². The highest BCUT2D eigenvalue weighted by molar-refractivity contribution is 5.90. The van der Waals surface area contributed by atoms with E-state index in [1.807, 2.05) is 0 Å². The van der Waals surface area contributed by atoms with E-state index in [0.717, 1.165) is 0 Å². The lowest BCUT2D eigenvalue weighted by atomic mass is 10.2. The number of carbonyl (C=O) groups is 4. The van der Waals surface area contributed by atoms with Crippen LogP contribution in [-0.4, -0.2) is 62.5 Å². The summed E-state index contributed by atoms with van der Waals surface area (Å²) in [6, 6.07) is 11.6. The molecule has 12 nitrogen and oxygen atoms in total. The standard InChI is InChI=1S/C26H24N2O10/c29-17-27-21-9-5-19(6-10-21)25(33)37-15-13-35-23(31)3-1-2-4-24(32)36-14-16-38-26(34)20-7-11-22(12-8-20)28-18-30/h5-12H,1-4,13-16H2. The molecule has 0 radical (unpaired) electrons. The van der Waals surface area contributed by atoms with Crippen LogP contribution in [0.3, 0.4) is 0 Å². The summed E-state index contributed by atoms with van der Waals surface area (Å²) in [5.41, 5.74) is 1.21. The summed E-state index contributed by atoms with van der Waals surface area (Å²) in [4.78, 5) is 74.5. The molecular weight excluding hydrogens is 500 g/mol. The van der Waals surface area contributed by atoms with Crippen LogP contribution in [0, 0.1) is 0 Å². The van der Waals surface area contributed by atoms with Crippen LogP contribution >= 0.6 is 0 Å². The Kier molecular flexibility index (Phi) is 12.9. The van der Waals surface area contributed by atoms with Gasteiger partial charge in [-0.05, 0) is 61.4 Å². The van der Waals surface area contributed by atoms with Crippen molar-refractivity contribution in [2.45, 2.75) is 25.7 Å². The van der Waals surface area contributed by atoms with Gasteiger partial charge in [-0.15, -0.1) is 0 Å². The zero-order valence-corrected chi connectivity index (χ0v) is 20.3. The topological polar surface area (TPSA) is 164 Å². The summed E-state index contributed by atoms with van der Waals surface area (Å²) in [6.45, 7) is -0.489. The average Bonchev–Trinajstić information content (AvgIpc) is 2.92. The molecule has 0 fully saturated rings. The molecule has 0 spiro atoms. The molecular formula is C26H24N2O10. The van der Waals surface area contributed by atoms with Gasteiger partial charge in [0.1, 0.15) is 26.4 Å². The Balaban J connectivity index is 1.49. The molecule has 38 heavy (non-hydrogen) atoms. The molecule has 0 aliphatic heterocycles. The van der Waals surface area contributed by atoms with Gasteiger partial charge in [0.05, 0.1) is 22.5 Å². The van der Waals surface area contributed by atoms with Gasteiger partial charge in [-0.2, -0.15) is 9.98 Å². The highest BCUT2D eigenvalue weighted by Crippen LogP contribution is 2.14. The first-order chi connectivity index (χ1) is 18.4. The van der Waals surface area contributed by atoms with E-state index in [1.165, 1.54) is 60.7 Å². The van der Waals surface area contributed by atoms with E-state index in [0.29, 0.717) is 24.2 Å². The van der Waals surface area contributed by atoms with Crippen molar-refractivity contribution in [2.75, 3.05) is 26.4 Å². The van der Waals surface area contributed by atoms with E-state index < -0.39 is 23.9 Å². The molecule has 0 heterocycles. The van der Waals surface area contributed by atoms with Crippen molar-refractivity contribution >= 4 is 47.4 Å². The minimum Gasteiger partial charge on any atom is -0.462 e. The fourth-order valence-electron chi connectivity index (χ4n) is 2.88. The molecule has 0 aliphatic rings. The zero-order chi connectivity index (χ0) is 27.6. The third kappa shape index (κ3) is 11.2. The molecule has 2 aromatic carbocycles. The third-order valence-electron chi connectivity index (χ3n) is 4.73. The lowest BCUT2D eigenvalue weighted by molar-refractivity contribution is -0.146. The monoisotopic (exact) mass is 524 g/mol. The molecule has 0 amide bonds. The van der Waals surface area contributed by atoms with Gasteiger partial charge in [-0.3, -0.25) is 9.59 Å². The number of aliphatic imine (C=N–C) groups is 2. The summed E-state index contributed by atoms with van der Waals surface area (Å²) in [5.74, 6) is -2.22. The number of isocyanates is 2. The van der Waals surface area contributed by atoms with Crippen molar-refractivity contribution in [3.8, 4) is 0 Å². The first-order valence-electron chi connectivity index (χ1n) is 11.4. The van der Waals surface area contributed by atoms with Gasteiger partial charge in [0.15, 0.2) is 0 Å². The quantitative estimate of drug-likeness (QED) is 0.111. The third-order valence-corrected chi connectivity index (χ3v) is 4.73. The van der Waals surface area contributed by atoms with E-state index in [1.54, 1.807) is 0 Å². The van der Waals surface area contributed by atoms with Crippen LogP contribution in [0.25, 0.3) is 0 Å². The van der Waals surface area contributed by atoms with Crippen molar-refractivity contribution in [2.24, 2.45) is 9.98 Å². The molecule has 198 valence electrons. The number of benzene rings is 2. The first-order valence-corrected chi connectivity index (χ1v) is 11.4. The van der Waals surface area contributed by atoms with Crippen LogP contribution in [0.4, 0.5) is 11.4 Å². The molecule has 0 aliphatic carbocycles. The molecule has 0 saturated heterocycles. The minimum absolute atomic E-state index is 0.0779. The van der Waals surface area contributed by atoms with E-state index in [4.69, 9.17) is 18.9 Å². The number of nitrogens with zero attached hydrogens (tertiary/aromatic N) is 2. The molecule has 0 N–H and O–H groups in total. The normalized spacial score (nSPS) is 9.79. The Hall–Kier alpha value is -4.92. The molecule has 0 saturated carbocycles. The molecule has 0 atom stereocenters. The number of esters is 4. The predicted octanol–water partition coefficient (Wildman–Crippen LogP) is 3.28. The van der Waals surface area contributed by atoms with Crippen LogP contribution in [0.5, 0.6) is 0 Å². The molecule has 2 aromatic rings. The fourth-order valence-corrected chi connectivity index (χ4v) is 2.88. The van der Waals surface area contributed by atoms with Crippen LogP contribution in [-0.2, 0) is 38.1 Å². The second-order valence-electron chi connectivity index (χ2n) is 7.42. The second-order valence-corrected chi connectivity index (χ2v) is 7.42. The molecule has 0 bridgehead atoms. The van der Waals surface area contributed by atoms with E-state index in [9.17, 15) is 28.8 Å². The molecule has 2 rings (SSSR count). The highest BCUT2D eigenvalue weighted by Gasteiger charge is 2.10. The Morgan fingerprint density at radius 3 is 1.24 bits per heavy atom. The van der Waals surface area contributed by atoms with Crippen LogP contribution in [0.15, 0.2) is 58.5 Å². The maximum Gasteiger partial charge on any atom is 0.338 e. The SMILES string of the molecule is O=C=Nc1ccc(C(=O)OCCOC(=O)CCCCC(=O)OCCOC(=O)c2ccc(N=C=O)cc2)cc1.